The molecule has 7 amide bonds. The van der Waals surface area contributed by atoms with Gasteiger partial charge in [0.15, 0.2) is 0 Å². The van der Waals surface area contributed by atoms with Crippen LogP contribution in [-0.4, -0.2) is 139 Å². The van der Waals surface area contributed by atoms with Crippen molar-refractivity contribution < 1.29 is 48.1 Å². The van der Waals surface area contributed by atoms with E-state index in [-0.39, 0.29) is 75.0 Å². The first-order chi connectivity index (χ1) is 34.2. The third-order valence-corrected chi connectivity index (χ3v) is 15.5. The van der Waals surface area contributed by atoms with E-state index in [4.69, 9.17) is 20.3 Å². The van der Waals surface area contributed by atoms with Crippen molar-refractivity contribution in [2.75, 3.05) is 59.2 Å². The van der Waals surface area contributed by atoms with Crippen LogP contribution in [0.5, 0.6) is 0 Å². The number of aliphatic carboxylic acids is 1. The van der Waals surface area contributed by atoms with Gasteiger partial charge in [0.1, 0.15) is 24.8 Å². The van der Waals surface area contributed by atoms with Gasteiger partial charge < -0.3 is 51.4 Å². The molecule has 6 rings (SSSR count). The highest BCUT2D eigenvalue weighted by Gasteiger charge is 2.57. The molecule has 392 valence electrons. The molecule has 0 aliphatic heterocycles. The number of ether oxygens (including phenoxy) is 2. The number of carbonyl (C=O) groups is 7. The minimum atomic E-state index is -1.11. The number of carboxylic acid groups (broad SMARTS) is 1. The molecule has 4 aliphatic rings. The molecule has 19 heteroatoms. The summed E-state index contributed by atoms with van der Waals surface area (Å²) in [7, 11) is 4.72. The fourth-order valence-corrected chi connectivity index (χ4v) is 11.5. The average molecular weight is 998 g/mol. The van der Waals surface area contributed by atoms with Crippen molar-refractivity contribution >= 4 is 53.2 Å². The number of carboxylic acids is 1. The van der Waals surface area contributed by atoms with Crippen molar-refractivity contribution in [1.29, 1.82) is 0 Å². The maximum Gasteiger partial charge on any atom is 0.409 e. The highest BCUT2D eigenvalue weighted by atomic mass is 16.6. The lowest BCUT2D eigenvalue weighted by Crippen LogP contribution is -2.55. The molecule has 8 atom stereocenters. The van der Waals surface area contributed by atoms with Crippen LogP contribution >= 0.6 is 0 Å². The monoisotopic (exact) mass is 998 g/mol. The van der Waals surface area contributed by atoms with Crippen LogP contribution in [0.2, 0.25) is 0 Å². The first-order valence-corrected chi connectivity index (χ1v) is 25.2. The highest BCUT2D eigenvalue weighted by Crippen LogP contribution is 2.66. The van der Waals surface area contributed by atoms with E-state index >= 15 is 0 Å². The molecule has 0 radical (unpaired) electrons. The Labute approximate surface area is 423 Å². The Bertz CT molecular complexity index is 2340. The number of amides is 7. The Morgan fingerprint density at radius 3 is 2.24 bits per heavy atom. The zero-order chi connectivity index (χ0) is 52.3. The number of anilines is 1. The van der Waals surface area contributed by atoms with Gasteiger partial charge in [-0.2, -0.15) is 0 Å². The van der Waals surface area contributed by atoms with E-state index < -0.39 is 54.0 Å². The predicted octanol–water partition coefficient (Wildman–Crippen LogP) is 5.77. The standard InChI is InChI=1S/C53H75N9O10/c1-33(2)46(59-44(63)30-60(5)31-45(64)65)48(67)58-43(11-9-25-56-49(54)68)47(66)57-37-15-12-34(13-16-37)32-71-50(69)61(6)26-27-62(7)51(70)72-38-20-22-52(3)36(28-38)14-17-39-41-19-18-40(35-10-8-24-55-29-35)53(41,4)23-21-42(39)52/h8,10,12-16,18,24,29,33,38-39,41-43,46H,9,11,17,19-23,25-28,30-32H2,1-7H3,(H,57,66)(H,58,67)(H,59,63)(H,64,65)(H3,54,56,68)/t38-,39-,41-,42-,43-,46-,52-,53+/m0/s1. The third kappa shape index (κ3) is 13.7. The lowest BCUT2D eigenvalue weighted by Gasteiger charge is -2.57. The van der Waals surface area contributed by atoms with Crippen LogP contribution in [0, 0.1) is 34.5 Å². The summed E-state index contributed by atoms with van der Waals surface area (Å²) in [6.45, 7) is 8.27. The number of carbonyl (C=O) groups excluding carboxylic acids is 6. The molecule has 2 fully saturated rings. The zero-order valence-corrected chi connectivity index (χ0v) is 42.9. The highest BCUT2D eigenvalue weighted by molar-refractivity contribution is 5.98. The van der Waals surface area contributed by atoms with Gasteiger partial charge in [-0.05, 0) is 128 Å². The molecule has 19 nitrogen and oxygen atoms in total. The summed E-state index contributed by atoms with van der Waals surface area (Å²) >= 11 is 0. The van der Waals surface area contributed by atoms with Gasteiger partial charge in [-0.15, -0.1) is 0 Å². The van der Waals surface area contributed by atoms with E-state index in [1.54, 1.807) is 52.2 Å². The molecule has 1 heterocycles. The molecule has 7 N–H and O–H groups in total. The SMILES string of the molecule is CC(C)[C@H](NC(=O)CN(C)CC(=O)O)C(=O)N[C@@H](CCCNC(N)=O)C(=O)Nc1ccc(COC(=O)N(C)CCN(C)C(=O)O[C@H]2CC[C@@]3(C)C(=CC[C@@H]4[C@@H]3CC[C@]3(C)C(c5cccnc5)=CC[C@@H]43)C2)cc1. The first kappa shape index (κ1) is 54.8. The van der Waals surface area contributed by atoms with Crippen LogP contribution in [0.25, 0.3) is 5.57 Å². The van der Waals surface area contributed by atoms with Crippen LogP contribution in [0.4, 0.5) is 20.1 Å². The second-order valence-corrected chi connectivity index (χ2v) is 21.0. The van der Waals surface area contributed by atoms with Gasteiger partial charge >= 0.3 is 24.2 Å². The molecule has 2 aromatic rings. The van der Waals surface area contributed by atoms with Crippen molar-refractivity contribution in [1.82, 2.24) is 35.6 Å². The number of primary amides is 1. The van der Waals surface area contributed by atoms with Gasteiger partial charge in [0.25, 0.3) is 0 Å². The average Bonchev–Trinajstić information content (AvgIpc) is 3.69. The number of likely N-dealkylation sites (N-methyl/N-ethyl adjacent to an activating group) is 3. The molecule has 1 aromatic carbocycles. The molecular weight excluding hydrogens is 923 g/mol. The molecule has 0 saturated heterocycles. The minimum Gasteiger partial charge on any atom is -0.480 e. The molecule has 2 saturated carbocycles. The van der Waals surface area contributed by atoms with E-state index in [1.807, 2.05) is 18.5 Å². The number of urea groups is 1. The first-order valence-electron chi connectivity index (χ1n) is 25.2. The molecule has 0 unspecified atom stereocenters. The van der Waals surface area contributed by atoms with Crippen LogP contribution < -0.4 is 27.0 Å². The summed E-state index contributed by atoms with van der Waals surface area (Å²) in [5, 5.41) is 19.6. The van der Waals surface area contributed by atoms with E-state index in [1.165, 1.54) is 51.3 Å². The summed E-state index contributed by atoms with van der Waals surface area (Å²) in [6, 6.07) is 7.98. The number of allylic oxidation sites excluding steroid dienone is 3. The zero-order valence-electron chi connectivity index (χ0n) is 42.9. The van der Waals surface area contributed by atoms with Crippen LogP contribution in [0.1, 0.15) is 96.6 Å². The Hall–Kier alpha value is -6.50. The molecule has 72 heavy (non-hydrogen) atoms. The van der Waals surface area contributed by atoms with Crippen molar-refractivity contribution in [2.45, 2.75) is 110 Å². The Balaban J connectivity index is 0.933. The van der Waals surface area contributed by atoms with Gasteiger partial charge in [-0.3, -0.25) is 29.1 Å². The number of rotatable bonds is 21. The number of aromatic nitrogens is 1. The Morgan fingerprint density at radius 2 is 1.57 bits per heavy atom. The summed E-state index contributed by atoms with van der Waals surface area (Å²) in [6.07, 6.45) is 15.1. The normalized spacial score (nSPS) is 23.9. The van der Waals surface area contributed by atoms with Crippen molar-refractivity contribution in [3.05, 3.63) is 77.6 Å². The number of benzene rings is 1. The lowest BCUT2D eigenvalue weighted by atomic mass is 9.47. The molecule has 4 aliphatic carbocycles. The third-order valence-electron chi connectivity index (χ3n) is 15.5. The Morgan fingerprint density at radius 1 is 0.861 bits per heavy atom. The number of hydrogen-bond acceptors (Lipinski definition) is 11. The second-order valence-electron chi connectivity index (χ2n) is 21.0. The molecule has 1 aromatic heterocycles. The fourth-order valence-electron chi connectivity index (χ4n) is 11.5. The number of hydrogen-bond donors (Lipinski definition) is 6. The summed E-state index contributed by atoms with van der Waals surface area (Å²) in [5.41, 5.74) is 10.6. The minimum absolute atomic E-state index is 0.0589. The topological polar surface area (TPSA) is 255 Å². The molecular formula is C53H75N9O10. The molecule has 0 spiro atoms. The van der Waals surface area contributed by atoms with Crippen molar-refractivity contribution in [3.63, 3.8) is 0 Å². The van der Waals surface area contributed by atoms with Crippen molar-refractivity contribution in [2.24, 2.45) is 40.2 Å². The van der Waals surface area contributed by atoms with E-state index in [2.05, 4.69) is 58.3 Å². The van der Waals surface area contributed by atoms with Crippen LogP contribution in [-0.2, 0) is 35.3 Å². The van der Waals surface area contributed by atoms with Gasteiger partial charge in [-0.1, -0.05) is 63.6 Å². The number of fused-ring (bicyclic) bond motifs is 5. The van der Waals surface area contributed by atoms with E-state index in [0.29, 0.717) is 29.0 Å². The maximum absolute atomic E-state index is 13.5. The molecule has 0 bridgehead atoms. The number of nitrogens with zero attached hydrogens (tertiary/aromatic N) is 4. The quantitative estimate of drug-likeness (QED) is 0.0644. The van der Waals surface area contributed by atoms with Crippen LogP contribution in [0.3, 0.4) is 0 Å². The fraction of sp³-hybridized carbons (Fsp3) is 0.585. The number of nitrogens with one attached hydrogen (secondary N) is 4. The maximum atomic E-state index is 13.5. The number of pyridine rings is 1. The summed E-state index contributed by atoms with van der Waals surface area (Å²) < 4.78 is 11.6. The van der Waals surface area contributed by atoms with Gasteiger partial charge in [-0.25, -0.2) is 14.4 Å². The van der Waals surface area contributed by atoms with E-state index in [9.17, 15) is 33.6 Å². The van der Waals surface area contributed by atoms with Crippen molar-refractivity contribution in [3.8, 4) is 0 Å². The summed E-state index contributed by atoms with van der Waals surface area (Å²) in [4.78, 5) is 96.8. The predicted molar refractivity (Wildman–Crippen MR) is 271 cm³/mol. The number of nitrogens with two attached hydrogens (primary N) is 1. The van der Waals surface area contributed by atoms with Gasteiger partial charge in [0, 0.05) is 58.2 Å². The Kier molecular flexibility index (Phi) is 18.5. The van der Waals surface area contributed by atoms with Crippen LogP contribution in [0.15, 0.2) is 66.5 Å². The summed E-state index contributed by atoms with van der Waals surface area (Å²) in [5.74, 6) is -1.39. The van der Waals surface area contributed by atoms with Gasteiger partial charge in [0.2, 0.25) is 17.7 Å². The van der Waals surface area contributed by atoms with E-state index in [0.717, 1.165) is 32.1 Å². The van der Waals surface area contributed by atoms with Gasteiger partial charge in [0.05, 0.1) is 13.1 Å². The lowest BCUT2D eigenvalue weighted by molar-refractivity contribution is -0.138. The largest absolute Gasteiger partial charge is 0.480 e. The smallest absolute Gasteiger partial charge is 0.409 e. The second kappa shape index (κ2) is 24.3.